The number of rotatable bonds is 4. The minimum absolute atomic E-state index is 0.736. The first-order valence-corrected chi connectivity index (χ1v) is 6.00. The Bertz CT molecular complexity index is 246. The first kappa shape index (κ1) is 11.4. The fourth-order valence-electron chi connectivity index (χ4n) is 0.993. The Hall–Kier alpha value is 0.360. The maximum absolute atomic E-state index is 4.21. The van der Waals surface area contributed by atoms with Crippen LogP contribution in [0.1, 0.15) is 5.56 Å². The fourth-order valence-corrected chi connectivity index (χ4v) is 1.81. The zero-order valence-corrected chi connectivity index (χ0v) is 10.5. The Balaban J connectivity index is 2.58. The lowest BCUT2D eigenvalue weighted by molar-refractivity contribution is 0.373. The monoisotopic (exact) mass is 277 g/mol. The predicted molar refractivity (Wildman–Crippen MR) is 67.4 cm³/mol. The molecule has 0 aliphatic rings. The Morgan fingerprint density at radius 3 is 2.08 bits per heavy atom. The molecule has 0 bridgehead atoms. The van der Waals surface area contributed by atoms with Gasteiger partial charge in [-0.15, -0.1) is 0 Å². The van der Waals surface area contributed by atoms with Crippen molar-refractivity contribution in [3.05, 3.63) is 34.3 Å². The van der Waals surface area contributed by atoms with Crippen LogP contribution in [0.15, 0.2) is 28.7 Å². The maximum Gasteiger partial charge on any atom is 0.0425 e. The molecule has 0 saturated heterocycles. The van der Waals surface area contributed by atoms with Crippen LogP contribution >= 0.6 is 41.2 Å². The van der Waals surface area contributed by atoms with Crippen LogP contribution < -0.4 is 0 Å². The van der Waals surface area contributed by atoms with E-state index in [1.807, 2.05) is 12.1 Å². The summed E-state index contributed by atoms with van der Waals surface area (Å²) in [6.07, 6.45) is 0. The standard InChI is InChI=1S/C9H12BrNS2/c10-9-3-1-8(2-4-9)5-11(6-12)7-13/h1-4,12-13H,5-7H2. The predicted octanol–water partition coefficient (Wildman–Crippen LogP) is 3.03. The molecule has 0 unspecified atom stereocenters. The van der Waals surface area contributed by atoms with Crippen molar-refractivity contribution < 1.29 is 0 Å². The van der Waals surface area contributed by atoms with Crippen LogP contribution in [0.5, 0.6) is 0 Å². The lowest BCUT2D eigenvalue weighted by atomic mass is 10.2. The van der Waals surface area contributed by atoms with E-state index in [0.29, 0.717) is 0 Å². The van der Waals surface area contributed by atoms with Gasteiger partial charge in [0.2, 0.25) is 0 Å². The molecule has 13 heavy (non-hydrogen) atoms. The summed E-state index contributed by atoms with van der Waals surface area (Å²) in [4.78, 5) is 2.13. The van der Waals surface area contributed by atoms with Gasteiger partial charge in [0.15, 0.2) is 0 Å². The van der Waals surface area contributed by atoms with Gasteiger partial charge < -0.3 is 0 Å². The van der Waals surface area contributed by atoms with Crippen molar-refractivity contribution in [1.82, 2.24) is 4.90 Å². The van der Waals surface area contributed by atoms with E-state index in [1.165, 1.54) is 5.56 Å². The fraction of sp³-hybridized carbons (Fsp3) is 0.333. The molecule has 0 amide bonds. The molecule has 0 saturated carbocycles. The van der Waals surface area contributed by atoms with E-state index >= 15 is 0 Å². The second-order valence-corrected chi connectivity index (χ2v) is 4.22. The van der Waals surface area contributed by atoms with Crippen LogP contribution in [-0.4, -0.2) is 16.7 Å². The molecular formula is C9H12BrNS2. The van der Waals surface area contributed by atoms with Crippen LogP contribution in [0.2, 0.25) is 0 Å². The highest BCUT2D eigenvalue weighted by Crippen LogP contribution is 2.12. The molecule has 72 valence electrons. The van der Waals surface area contributed by atoms with Crippen LogP contribution in [0, 0.1) is 0 Å². The Labute approximate surface area is 98.5 Å². The van der Waals surface area contributed by atoms with Crippen molar-refractivity contribution in [3.8, 4) is 0 Å². The Kier molecular flexibility index (Phi) is 5.24. The van der Waals surface area contributed by atoms with Gasteiger partial charge in [0.1, 0.15) is 0 Å². The molecule has 1 rings (SSSR count). The van der Waals surface area contributed by atoms with Gasteiger partial charge in [0.25, 0.3) is 0 Å². The maximum atomic E-state index is 4.21. The number of thiol groups is 2. The van der Waals surface area contributed by atoms with Crippen LogP contribution in [0.4, 0.5) is 0 Å². The Morgan fingerprint density at radius 2 is 1.62 bits per heavy atom. The van der Waals surface area contributed by atoms with E-state index in [1.54, 1.807) is 0 Å². The van der Waals surface area contributed by atoms with E-state index in [9.17, 15) is 0 Å². The van der Waals surface area contributed by atoms with Gasteiger partial charge in [-0.1, -0.05) is 28.1 Å². The topological polar surface area (TPSA) is 3.24 Å². The quantitative estimate of drug-likeness (QED) is 0.632. The summed E-state index contributed by atoms with van der Waals surface area (Å²) in [6, 6.07) is 8.29. The highest BCUT2D eigenvalue weighted by Gasteiger charge is 2.00. The average molecular weight is 278 g/mol. The molecule has 0 aliphatic heterocycles. The molecule has 1 aromatic rings. The smallest absolute Gasteiger partial charge is 0.0425 e. The van der Waals surface area contributed by atoms with E-state index in [4.69, 9.17) is 0 Å². The normalized spacial score (nSPS) is 10.8. The van der Waals surface area contributed by atoms with Gasteiger partial charge in [0.05, 0.1) is 0 Å². The van der Waals surface area contributed by atoms with E-state index in [-0.39, 0.29) is 0 Å². The lowest BCUT2D eigenvalue weighted by Crippen LogP contribution is -2.19. The lowest BCUT2D eigenvalue weighted by Gasteiger charge is -2.16. The molecule has 0 radical (unpaired) electrons. The zero-order valence-electron chi connectivity index (χ0n) is 7.15. The highest BCUT2D eigenvalue weighted by atomic mass is 79.9. The highest BCUT2D eigenvalue weighted by molar-refractivity contribution is 9.10. The molecule has 0 fully saturated rings. The molecular weight excluding hydrogens is 266 g/mol. The molecule has 1 aromatic carbocycles. The third kappa shape index (κ3) is 3.94. The molecule has 4 heteroatoms. The number of benzene rings is 1. The molecule has 0 aliphatic carbocycles. The van der Waals surface area contributed by atoms with Gasteiger partial charge in [-0.2, -0.15) is 25.3 Å². The summed E-state index contributed by atoms with van der Waals surface area (Å²) >= 11 is 11.8. The van der Waals surface area contributed by atoms with Gasteiger partial charge in [0, 0.05) is 22.8 Å². The zero-order chi connectivity index (χ0) is 9.68. The number of hydrogen-bond donors (Lipinski definition) is 2. The summed E-state index contributed by atoms with van der Waals surface area (Å²) in [7, 11) is 0. The average Bonchev–Trinajstić information content (AvgIpc) is 2.17. The number of hydrogen-bond acceptors (Lipinski definition) is 3. The van der Waals surface area contributed by atoms with Crippen LogP contribution in [-0.2, 0) is 6.54 Å². The largest absolute Gasteiger partial charge is 0.281 e. The first-order chi connectivity index (χ1) is 6.26. The molecule has 0 atom stereocenters. The van der Waals surface area contributed by atoms with Crippen molar-refractivity contribution in [2.45, 2.75) is 6.54 Å². The summed E-state index contributed by atoms with van der Waals surface area (Å²) in [5.74, 6) is 1.47. The van der Waals surface area contributed by atoms with Crippen LogP contribution in [0.25, 0.3) is 0 Å². The molecule has 0 heterocycles. The summed E-state index contributed by atoms with van der Waals surface area (Å²) in [5.41, 5.74) is 1.28. The van der Waals surface area contributed by atoms with Crippen molar-refractivity contribution in [2.75, 3.05) is 11.8 Å². The third-order valence-corrected chi connectivity index (χ3v) is 3.05. The summed E-state index contributed by atoms with van der Waals surface area (Å²) < 4.78 is 1.11. The SMILES string of the molecule is SCN(CS)Cc1ccc(Br)cc1. The molecule has 0 spiro atoms. The van der Waals surface area contributed by atoms with Crippen LogP contribution in [0.3, 0.4) is 0 Å². The van der Waals surface area contributed by atoms with Gasteiger partial charge in [-0.25, -0.2) is 0 Å². The summed E-state index contributed by atoms with van der Waals surface area (Å²) in [6.45, 7) is 0.903. The van der Waals surface area contributed by atoms with Crippen molar-refractivity contribution in [2.24, 2.45) is 0 Å². The van der Waals surface area contributed by atoms with Crippen molar-refractivity contribution in [1.29, 1.82) is 0 Å². The van der Waals surface area contributed by atoms with E-state index < -0.39 is 0 Å². The van der Waals surface area contributed by atoms with Gasteiger partial charge >= 0.3 is 0 Å². The molecule has 1 nitrogen and oxygen atoms in total. The molecule has 0 N–H and O–H groups in total. The minimum Gasteiger partial charge on any atom is -0.281 e. The molecule has 0 aromatic heterocycles. The minimum atomic E-state index is 0.736. The van der Waals surface area contributed by atoms with E-state index in [0.717, 1.165) is 22.8 Å². The summed E-state index contributed by atoms with van der Waals surface area (Å²) in [5, 5.41) is 0. The van der Waals surface area contributed by atoms with E-state index in [2.05, 4.69) is 58.2 Å². The number of halogens is 1. The van der Waals surface area contributed by atoms with Crippen molar-refractivity contribution in [3.63, 3.8) is 0 Å². The third-order valence-electron chi connectivity index (χ3n) is 1.72. The van der Waals surface area contributed by atoms with Gasteiger partial charge in [-0.3, -0.25) is 4.90 Å². The van der Waals surface area contributed by atoms with Crippen molar-refractivity contribution >= 4 is 41.2 Å². The first-order valence-electron chi connectivity index (χ1n) is 3.95. The van der Waals surface area contributed by atoms with Gasteiger partial charge in [-0.05, 0) is 17.7 Å². The second kappa shape index (κ2) is 5.96. The second-order valence-electron chi connectivity index (χ2n) is 2.74. The number of nitrogens with zero attached hydrogens (tertiary/aromatic N) is 1. The Morgan fingerprint density at radius 1 is 1.08 bits per heavy atom.